The van der Waals surface area contributed by atoms with Crippen molar-refractivity contribution in [2.45, 2.75) is 10.6 Å². The Morgan fingerprint density at radius 2 is 2.05 bits per heavy atom. The lowest BCUT2D eigenvalue weighted by atomic mass is 10.2. The Balaban J connectivity index is 2.09. The Labute approximate surface area is 135 Å². The summed E-state index contributed by atoms with van der Waals surface area (Å²) in [4.78, 5) is 3.93. The first-order chi connectivity index (χ1) is 9.41. The van der Waals surface area contributed by atoms with Crippen molar-refractivity contribution in [2.75, 3.05) is 13.6 Å². The van der Waals surface area contributed by atoms with Gasteiger partial charge in [-0.1, -0.05) is 11.6 Å². The lowest BCUT2D eigenvalue weighted by Gasteiger charge is -2.15. The van der Waals surface area contributed by atoms with Crippen LogP contribution in [0.3, 0.4) is 0 Å². The van der Waals surface area contributed by atoms with E-state index in [0.717, 1.165) is 16.9 Å². The lowest BCUT2D eigenvalue weighted by Crippen LogP contribution is -2.28. The van der Waals surface area contributed by atoms with Crippen molar-refractivity contribution in [3.05, 3.63) is 45.0 Å². The van der Waals surface area contributed by atoms with Crippen molar-refractivity contribution >= 4 is 48.9 Å². The first-order valence-corrected chi connectivity index (χ1v) is 9.14. The Morgan fingerprint density at radius 1 is 1.40 bits per heavy atom. The molecule has 0 aliphatic carbocycles. The van der Waals surface area contributed by atoms with Gasteiger partial charge in [0.1, 0.15) is 4.21 Å². The second kappa shape index (κ2) is 6.53. The molecule has 2 heterocycles. The van der Waals surface area contributed by atoms with Gasteiger partial charge in [-0.25, -0.2) is 8.42 Å². The molecular weight excluding hydrogens is 384 g/mol. The second-order valence-electron chi connectivity index (χ2n) is 4.12. The Kier molecular flexibility index (Phi) is 5.19. The van der Waals surface area contributed by atoms with Gasteiger partial charge in [-0.2, -0.15) is 4.31 Å². The van der Waals surface area contributed by atoms with Crippen molar-refractivity contribution in [3.8, 4) is 0 Å². The monoisotopic (exact) mass is 394 g/mol. The third kappa shape index (κ3) is 3.59. The van der Waals surface area contributed by atoms with Crippen LogP contribution in [0, 0.1) is 0 Å². The summed E-state index contributed by atoms with van der Waals surface area (Å²) in [6, 6.07) is 5.21. The molecule has 108 valence electrons. The number of aromatic nitrogens is 1. The van der Waals surface area contributed by atoms with E-state index >= 15 is 0 Å². The molecule has 4 nitrogen and oxygen atoms in total. The maximum atomic E-state index is 12.4. The summed E-state index contributed by atoms with van der Waals surface area (Å²) in [6.07, 6.45) is 4.03. The van der Waals surface area contributed by atoms with E-state index in [1.807, 2.05) is 12.1 Å². The van der Waals surface area contributed by atoms with Gasteiger partial charge in [-0.05, 0) is 46.1 Å². The number of hydrogen-bond donors (Lipinski definition) is 0. The summed E-state index contributed by atoms with van der Waals surface area (Å²) >= 11 is 10.2. The predicted molar refractivity (Wildman–Crippen MR) is 84.8 cm³/mol. The predicted octanol–water partition coefficient (Wildman–Crippen LogP) is 3.42. The summed E-state index contributed by atoms with van der Waals surface area (Å²) in [5, 5.41) is 0.413. The number of halogens is 2. The average molecular weight is 396 g/mol. The normalized spacial score (nSPS) is 12.0. The van der Waals surface area contributed by atoms with Crippen LogP contribution >= 0.6 is 38.9 Å². The van der Waals surface area contributed by atoms with E-state index < -0.39 is 10.0 Å². The fourth-order valence-corrected chi connectivity index (χ4v) is 5.35. The van der Waals surface area contributed by atoms with Gasteiger partial charge >= 0.3 is 0 Å². The fourth-order valence-electron chi connectivity index (χ4n) is 1.56. The van der Waals surface area contributed by atoms with Crippen LogP contribution in [0.1, 0.15) is 5.56 Å². The van der Waals surface area contributed by atoms with Crippen molar-refractivity contribution < 1.29 is 8.42 Å². The Morgan fingerprint density at radius 3 is 2.60 bits per heavy atom. The topological polar surface area (TPSA) is 50.3 Å². The van der Waals surface area contributed by atoms with Crippen LogP contribution in [0.25, 0.3) is 0 Å². The maximum Gasteiger partial charge on any atom is 0.252 e. The molecule has 2 rings (SSSR count). The zero-order chi connectivity index (χ0) is 14.8. The summed E-state index contributed by atoms with van der Waals surface area (Å²) in [6.45, 7) is 0.402. The van der Waals surface area contributed by atoms with Gasteiger partial charge in [0.15, 0.2) is 0 Å². The summed E-state index contributed by atoms with van der Waals surface area (Å²) in [5.41, 5.74) is 1.05. The highest BCUT2D eigenvalue weighted by atomic mass is 79.9. The minimum atomic E-state index is -3.49. The van der Waals surface area contributed by atoms with Crippen molar-refractivity contribution in [2.24, 2.45) is 0 Å². The molecule has 2 aromatic heterocycles. The third-order valence-corrected chi connectivity index (χ3v) is 7.53. The number of hydrogen-bond acceptors (Lipinski definition) is 4. The van der Waals surface area contributed by atoms with E-state index in [1.165, 1.54) is 10.4 Å². The van der Waals surface area contributed by atoms with Gasteiger partial charge in [0.2, 0.25) is 0 Å². The molecule has 0 spiro atoms. The van der Waals surface area contributed by atoms with Crippen LogP contribution in [0.15, 0.2) is 38.6 Å². The highest BCUT2D eigenvalue weighted by molar-refractivity contribution is 9.11. The molecule has 0 bridgehead atoms. The van der Waals surface area contributed by atoms with Crippen molar-refractivity contribution in [3.63, 3.8) is 0 Å². The summed E-state index contributed by atoms with van der Waals surface area (Å²) < 4.78 is 26.9. The fraction of sp³-hybridized carbons (Fsp3) is 0.250. The number of thiophene rings is 1. The summed E-state index contributed by atoms with van der Waals surface area (Å²) in [7, 11) is -1.92. The quantitative estimate of drug-likeness (QED) is 0.779. The van der Waals surface area contributed by atoms with Crippen LogP contribution in [-0.4, -0.2) is 31.3 Å². The van der Waals surface area contributed by atoms with E-state index in [0.29, 0.717) is 21.8 Å². The Bertz CT molecular complexity index is 669. The highest BCUT2D eigenvalue weighted by Gasteiger charge is 2.23. The number of likely N-dealkylation sites (N-methyl/N-ethyl adjacent to an activating group) is 1. The molecule has 2 aromatic rings. The van der Waals surface area contributed by atoms with Crippen LogP contribution in [-0.2, 0) is 16.4 Å². The smallest absolute Gasteiger partial charge is 0.252 e. The molecule has 0 fully saturated rings. The second-order valence-corrected chi connectivity index (χ2v) is 9.17. The minimum Gasteiger partial charge on any atom is -0.265 e. The molecule has 0 saturated heterocycles. The van der Waals surface area contributed by atoms with E-state index in [4.69, 9.17) is 11.6 Å². The first-order valence-electron chi connectivity index (χ1n) is 5.71. The van der Waals surface area contributed by atoms with E-state index in [2.05, 4.69) is 20.9 Å². The molecule has 0 atom stereocenters. The van der Waals surface area contributed by atoms with Gasteiger partial charge in [0.05, 0.1) is 8.81 Å². The van der Waals surface area contributed by atoms with E-state index in [1.54, 1.807) is 19.4 Å². The number of pyridine rings is 1. The van der Waals surface area contributed by atoms with Gasteiger partial charge in [0.25, 0.3) is 10.0 Å². The molecule has 0 aromatic carbocycles. The molecule has 0 aliphatic rings. The van der Waals surface area contributed by atoms with Crippen LogP contribution in [0.4, 0.5) is 0 Å². The Hall–Kier alpha value is -0.470. The number of rotatable bonds is 5. The van der Waals surface area contributed by atoms with Crippen molar-refractivity contribution in [1.29, 1.82) is 0 Å². The maximum absolute atomic E-state index is 12.4. The third-order valence-electron chi connectivity index (χ3n) is 2.75. The standard InChI is InChI=1S/C12H12BrClN2O2S2/c1-16(7-4-9-2-5-15-6-3-9)20(17,18)11-8-10(14)12(13)19-11/h2-3,5-6,8H,4,7H2,1H3. The molecular formula is C12H12BrClN2O2S2. The molecule has 0 amide bonds. The zero-order valence-electron chi connectivity index (χ0n) is 10.6. The van der Waals surface area contributed by atoms with Crippen LogP contribution in [0.2, 0.25) is 5.02 Å². The van der Waals surface area contributed by atoms with Crippen LogP contribution < -0.4 is 0 Å². The van der Waals surface area contributed by atoms with Crippen LogP contribution in [0.5, 0.6) is 0 Å². The average Bonchev–Trinajstić information content (AvgIpc) is 2.78. The SMILES string of the molecule is CN(CCc1ccncc1)S(=O)(=O)c1cc(Cl)c(Br)s1. The summed E-state index contributed by atoms with van der Waals surface area (Å²) in [5.74, 6) is 0. The van der Waals surface area contributed by atoms with Gasteiger partial charge in [-0.3, -0.25) is 4.98 Å². The highest BCUT2D eigenvalue weighted by Crippen LogP contribution is 2.35. The molecule has 0 radical (unpaired) electrons. The molecule has 8 heteroatoms. The van der Waals surface area contributed by atoms with Gasteiger partial charge in [-0.15, -0.1) is 11.3 Å². The zero-order valence-corrected chi connectivity index (χ0v) is 14.6. The minimum absolute atomic E-state index is 0.242. The first kappa shape index (κ1) is 15.9. The number of nitrogens with zero attached hydrogens (tertiary/aromatic N) is 2. The number of sulfonamides is 1. The molecule has 0 saturated carbocycles. The largest absolute Gasteiger partial charge is 0.265 e. The van der Waals surface area contributed by atoms with Crippen molar-refractivity contribution in [1.82, 2.24) is 9.29 Å². The molecule has 0 unspecified atom stereocenters. The van der Waals surface area contributed by atoms with Gasteiger partial charge in [0, 0.05) is 26.0 Å². The molecule has 0 aliphatic heterocycles. The lowest BCUT2D eigenvalue weighted by molar-refractivity contribution is 0.474. The van der Waals surface area contributed by atoms with E-state index in [-0.39, 0.29) is 4.21 Å². The molecule has 20 heavy (non-hydrogen) atoms. The van der Waals surface area contributed by atoms with Gasteiger partial charge < -0.3 is 0 Å². The molecule has 0 N–H and O–H groups in total. The van der Waals surface area contributed by atoms with E-state index in [9.17, 15) is 8.42 Å².